The van der Waals surface area contributed by atoms with Crippen LogP contribution in [0, 0.1) is 0 Å². The van der Waals surface area contributed by atoms with Crippen LogP contribution in [0.2, 0.25) is 0 Å². The molecule has 2 aromatic rings. The van der Waals surface area contributed by atoms with E-state index in [9.17, 15) is 9.59 Å². The molecule has 6 nitrogen and oxygen atoms in total. The number of carbonyl (C=O) groups is 2. The summed E-state index contributed by atoms with van der Waals surface area (Å²) in [7, 11) is 3.06. The molecule has 0 fully saturated rings. The zero-order valence-electron chi connectivity index (χ0n) is 17.2. The van der Waals surface area contributed by atoms with E-state index in [4.69, 9.17) is 14.2 Å². The molecule has 0 radical (unpaired) electrons. The molecule has 154 valence electrons. The Balaban J connectivity index is 1.87. The highest BCUT2D eigenvalue weighted by atomic mass is 16.5. The Bertz CT molecular complexity index is 858. The molecule has 0 aliphatic rings. The number of methoxy groups -OCH3 is 2. The lowest BCUT2D eigenvalue weighted by Crippen LogP contribution is -2.30. The molecule has 29 heavy (non-hydrogen) atoms. The van der Waals surface area contributed by atoms with Crippen LogP contribution >= 0.6 is 0 Å². The van der Waals surface area contributed by atoms with Crippen LogP contribution in [0.5, 0.6) is 11.5 Å². The molecular formula is C23H27NO5. The SMILES string of the molecule is CCc1ccc([C@H](C)NC(=O)COC(=O)/C=C/c2cccc(OC)c2OC)cc1. The third kappa shape index (κ3) is 6.38. The standard InChI is InChI=1S/C23H27NO5/c1-5-17-9-11-18(12-10-17)16(2)24-21(25)15-29-22(26)14-13-19-7-6-8-20(27-3)23(19)28-4/h6-14,16H,5,15H2,1-4H3,(H,24,25)/b14-13+/t16-/m0/s1. The minimum atomic E-state index is -0.620. The van der Waals surface area contributed by atoms with Crippen molar-refractivity contribution in [3.63, 3.8) is 0 Å². The molecular weight excluding hydrogens is 370 g/mol. The second kappa shape index (κ2) is 10.9. The van der Waals surface area contributed by atoms with Gasteiger partial charge in [-0.3, -0.25) is 4.79 Å². The maximum Gasteiger partial charge on any atom is 0.331 e. The Labute approximate surface area is 171 Å². The summed E-state index contributed by atoms with van der Waals surface area (Å²) in [4.78, 5) is 24.0. The minimum Gasteiger partial charge on any atom is -0.493 e. The Morgan fingerprint density at radius 1 is 1.07 bits per heavy atom. The summed E-state index contributed by atoms with van der Waals surface area (Å²) in [5.74, 6) is 0.0887. The lowest BCUT2D eigenvalue weighted by Gasteiger charge is -2.14. The molecule has 0 unspecified atom stereocenters. The van der Waals surface area contributed by atoms with Crippen LogP contribution in [0.15, 0.2) is 48.5 Å². The third-order valence-corrected chi connectivity index (χ3v) is 4.44. The van der Waals surface area contributed by atoms with E-state index in [-0.39, 0.29) is 18.6 Å². The van der Waals surface area contributed by atoms with Crippen LogP contribution in [0.4, 0.5) is 0 Å². The summed E-state index contributed by atoms with van der Waals surface area (Å²) in [5, 5.41) is 2.82. The summed E-state index contributed by atoms with van der Waals surface area (Å²) >= 11 is 0. The van der Waals surface area contributed by atoms with Crippen molar-refractivity contribution < 1.29 is 23.8 Å². The Morgan fingerprint density at radius 3 is 2.41 bits per heavy atom. The third-order valence-electron chi connectivity index (χ3n) is 4.44. The van der Waals surface area contributed by atoms with Gasteiger partial charge in [-0.25, -0.2) is 4.79 Å². The van der Waals surface area contributed by atoms with Gasteiger partial charge >= 0.3 is 5.97 Å². The van der Waals surface area contributed by atoms with E-state index in [1.807, 2.05) is 31.2 Å². The Hall–Kier alpha value is -3.28. The van der Waals surface area contributed by atoms with E-state index in [1.165, 1.54) is 25.9 Å². The van der Waals surface area contributed by atoms with Crippen molar-refractivity contribution >= 4 is 18.0 Å². The van der Waals surface area contributed by atoms with Gasteiger partial charge in [-0.1, -0.05) is 43.3 Å². The zero-order chi connectivity index (χ0) is 21.2. The van der Waals surface area contributed by atoms with E-state index in [0.717, 1.165) is 12.0 Å². The molecule has 0 aliphatic heterocycles. The highest BCUT2D eigenvalue weighted by molar-refractivity contribution is 5.90. The molecule has 2 rings (SSSR count). The van der Waals surface area contributed by atoms with E-state index < -0.39 is 5.97 Å². The lowest BCUT2D eigenvalue weighted by atomic mass is 10.1. The molecule has 1 atom stereocenters. The number of benzene rings is 2. The number of para-hydroxylation sites is 1. The number of hydrogen-bond acceptors (Lipinski definition) is 5. The Kier molecular flexibility index (Phi) is 8.27. The average molecular weight is 397 g/mol. The molecule has 6 heteroatoms. The first-order chi connectivity index (χ1) is 14.0. The summed E-state index contributed by atoms with van der Waals surface area (Å²) in [6.07, 6.45) is 3.77. The van der Waals surface area contributed by atoms with Crippen LogP contribution in [-0.2, 0) is 20.7 Å². The molecule has 1 N–H and O–H groups in total. The second-order valence-electron chi connectivity index (χ2n) is 6.41. The molecule has 2 aromatic carbocycles. The summed E-state index contributed by atoms with van der Waals surface area (Å²) < 4.78 is 15.5. The van der Waals surface area contributed by atoms with E-state index >= 15 is 0 Å². The lowest BCUT2D eigenvalue weighted by molar-refractivity contribution is -0.144. The smallest absolute Gasteiger partial charge is 0.331 e. The maximum atomic E-state index is 12.1. The van der Waals surface area contributed by atoms with Crippen LogP contribution in [-0.4, -0.2) is 32.7 Å². The highest BCUT2D eigenvalue weighted by Gasteiger charge is 2.12. The monoisotopic (exact) mass is 397 g/mol. The first-order valence-corrected chi connectivity index (χ1v) is 9.42. The van der Waals surface area contributed by atoms with Crippen molar-refractivity contribution in [1.82, 2.24) is 5.32 Å². The second-order valence-corrected chi connectivity index (χ2v) is 6.41. The van der Waals surface area contributed by atoms with Gasteiger partial charge in [0.15, 0.2) is 18.1 Å². The Morgan fingerprint density at radius 2 is 1.79 bits per heavy atom. The topological polar surface area (TPSA) is 73.9 Å². The highest BCUT2D eigenvalue weighted by Crippen LogP contribution is 2.31. The van der Waals surface area contributed by atoms with Gasteiger partial charge in [0.25, 0.3) is 5.91 Å². The summed E-state index contributed by atoms with van der Waals surface area (Å²) in [5.41, 5.74) is 2.89. The number of ether oxygens (including phenoxy) is 3. The molecule has 1 amide bonds. The first kappa shape index (κ1) is 22.0. The van der Waals surface area contributed by atoms with Gasteiger partial charge in [-0.2, -0.15) is 0 Å². The van der Waals surface area contributed by atoms with Gasteiger partial charge in [0.1, 0.15) is 0 Å². The van der Waals surface area contributed by atoms with Crippen molar-refractivity contribution in [3.8, 4) is 11.5 Å². The van der Waals surface area contributed by atoms with Gasteiger partial charge in [0.05, 0.1) is 20.3 Å². The predicted octanol–water partition coefficient (Wildman–Crippen LogP) is 3.70. The number of esters is 1. The number of hydrogen-bond donors (Lipinski definition) is 1. The summed E-state index contributed by atoms with van der Waals surface area (Å²) in [6, 6.07) is 13.2. The van der Waals surface area contributed by atoms with Gasteiger partial charge in [-0.15, -0.1) is 0 Å². The van der Waals surface area contributed by atoms with Crippen LogP contribution in [0.25, 0.3) is 6.08 Å². The number of aryl methyl sites for hydroxylation is 1. The van der Waals surface area contributed by atoms with Gasteiger partial charge in [0, 0.05) is 11.6 Å². The van der Waals surface area contributed by atoms with Crippen molar-refractivity contribution in [2.45, 2.75) is 26.3 Å². The van der Waals surface area contributed by atoms with Crippen molar-refractivity contribution in [3.05, 3.63) is 65.2 Å². The average Bonchev–Trinajstić information content (AvgIpc) is 2.75. The van der Waals surface area contributed by atoms with Crippen molar-refractivity contribution in [1.29, 1.82) is 0 Å². The van der Waals surface area contributed by atoms with Crippen molar-refractivity contribution in [2.24, 2.45) is 0 Å². The number of amides is 1. The first-order valence-electron chi connectivity index (χ1n) is 9.42. The predicted molar refractivity (Wildman–Crippen MR) is 112 cm³/mol. The summed E-state index contributed by atoms with van der Waals surface area (Å²) in [6.45, 7) is 3.62. The molecule has 0 heterocycles. The largest absolute Gasteiger partial charge is 0.493 e. The fraction of sp³-hybridized carbons (Fsp3) is 0.304. The van der Waals surface area contributed by atoms with E-state index in [2.05, 4.69) is 12.2 Å². The van der Waals surface area contributed by atoms with Gasteiger partial charge in [-0.05, 0) is 36.6 Å². The van der Waals surface area contributed by atoms with Gasteiger partial charge < -0.3 is 19.5 Å². The van der Waals surface area contributed by atoms with Crippen LogP contribution in [0.3, 0.4) is 0 Å². The number of rotatable bonds is 9. The number of carbonyl (C=O) groups excluding carboxylic acids is 2. The maximum absolute atomic E-state index is 12.1. The molecule has 0 saturated carbocycles. The molecule has 0 aromatic heterocycles. The van der Waals surface area contributed by atoms with Crippen LogP contribution < -0.4 is 14.8 Å². The number of nitrogens with one attached hydrogen (secondary N) is 1. The normalized spacial score (nSPS) is 11.7. The minimum absolute atomic E-state index is 0.177. The van der Waals surface area contributed by atoms with Gasteiger partial charge in [0.2, 0.25) is 0 Å². The molecule has 0 spiro atoms. The van der Waals surface area contributed by atoms with Crippen LogP contribution in [0.1, 0.15) is 36.6 Å². The molecule has 0 saturated heterocycles. The quantitative estimate of drug-likeness (QED) is 0.516. The fourth-order valence-corrected chi connectivity index (χ4v) is 2.79. The van der Waals surface area contributed by atoms with Crippen molar-refractivity contribution in [2.75, 3.05) is 20.8 Å². The fourth-order valence-electron chi connectivity index (χ4n) is 2.79. The molecule has 0 bridgehead atoms. The molecule has 0 aliphatic carbocycles. The van der Waals surface area contributed by atoms with E-state index in [1.54, 1.807) is 24.3 Å². The van der Waals surface area contributed by atoms with E-state index in [0.29, 0.717) is 17.1 Å². The zero-order valence-corrected chi connectivity index (χ0v) is 17.2.